The molecule has 0 bridgehead atoms. The Morgan fingerprint density at radius 1 is 0.818 bits per heavy atom. The maximum atomic E-state index is 12.3. The van der Waals surface area contributed by atoms with E-state index in [9.17, 15) is 19.8 Å². The first-order chi connectivity index (χ1) is 16.0. The first-order valence-electron chi connectivity index (χ1n) is 12.1. The highest BCUT2D eigenvalue weighted by atomic mass is 16.5. The number of ether oxygens (including phenoxy) is 1. The van der Waals surface area contributed by atoms with Gasteiger partial charge in [-0.2, -0.15) is 0 Å². The summed E-state index contributed by atoms with van der Waals surface area (Å²) in [5.74, 6) is -1.24. The molecule has 1 amide bonds. The van der Waals surface area contributed by atoms with Gasteiger partial charge in [-0.25, -0.2) is 4.79 Å². The van der Waals surface area contributed by atoms with Crippen LogP contribution in [0.3, 0.4) is 0 Å². The van der Waals surface area contributed by atoms with Crippen molar-refractivity contribution >= 4 is 11.9 Å². The van der Waals surface area contributed by atoms with Gasteiger partial charge >= 0.3 is 5.97 Å². The lowest BCUT2D eigenvalue weighted by atomic mass is 10.1. The second kappa shape index (κ2) is 14.9. The Labute approximate surface area is 197 Å². The van der Waals surface area contributed by atoms with Crippen LogP contribution < -0.4 is 5.32 Å². The number of aromatic hydroxyl groups is 2. The molecule has 0 atom stereocenters. The van der Waals surface area contributed by atoms with Crippen LogP contribution in [-0.2, 0) is 11.3 Å². The number of esters is 1. The summed E-state index contributed by atoms with van der Waals surface area (Å²) >= 11 is 0. The first kappa shape index (κ1) is 26.2. The summed E-state index contributed by atoms with van der Waals surface area (Å²) in [6, 6.07) is 10.5. The van der Waals surface area contributed by atoms with Crippen molar-refractivity contribution in [2.24, 2.45) is 0 Å². The maximum Gasteiger partial charge on any atom is 0.342 e. The van der Waals surface area contributed by atoms with E-state index < -0.39 is 5.97 Å². The quantitative estimate of drug-likeness (QED) is 0.171. The number of carbonyl (C=O) groups excluding carboxylic acids is 2. The van der Waals surface area contributed by atoms with Crippen LogP contribution in [0.1, 0.15) is 97.4 Å². The first-order valence-corrected chi connectivity index (χ1v) is 12.1. The summed E-state index contributed by atoms with van der Waals surface area (Å²) < 4.78 is 5.18. The number of phenols is 2. The Morgan fingerprint density at radius 3 is 2.06 bits per heavy atom. The van der Waals surface area contributed by atoms with Crippen molar-refractivity contribution in [2.75, 3.05) is 6.54 Å². The van der Waals surface area contributed by atoms with Gasteiger partial charge in [-0.15, -0.1) is 0 Å². The third-order valence-corrected chi connectivity index (χ3v) is 5.60. The van der Waals surface area contributed by atoms with Crippen molar-refractivity contribution in [3.05, 3.63) is 59.2 Å². The summed E-state index contributed by atoms with van der Waals surface area (Å²) in [5, 5.41) is 22.1. The predicted octanol–water partition coefficient (Wildman–Crippen LogP) is 6.11. The van der Waals surface area contributed by atoms with E-state index in [2.05, 4.69) is 12.2 Å². The minimum Gasteiger partial charge on any atom is -0.508 e. The van der Waals surface area contributed by atoms with E-state index in [0.29, 0.717) is 17.7 Å². The highest BCUT2D eigenvalue weighted by molar-refractivity contribution is 5.94. The number of phenolic OH excluding ortho intramolecular Hbond substituents is 2. The summed E-state index contributed by atoms with van der Waals surface area (Å²) in [4.78, 5) is 24.4. The van der Waals surface area contributed by atoms with Gasteiger partial charge in [0.2, 0.25) is 0 Å². The molecule has 0 heterocycles. The molecule has 0 unspecified atom stereocenters. The molecule has 2 aromatic carbocycles. The number of unbranched alkanes of at least 4 members (excludes halogenated alkanes) is 9. The largest absolute Gasteiger partial charge is 0.508 e. The van der Waals surface area contributed by atoms with Gasteiger partial charge in [0.05, 0.1) is 0 Å². The lowest BCUT2D eigenvalue weighted by Gasteiger charge is -2.08. The fraction of sp³-hybridized carbons (Fsp3) is 0.481. The molecule has 6 heteroatoms. The molecule has 0 radical (unpaired) electrons. The molecule has 3 N–H and O–H groups in total. The highest BCUT2D eigenvalue weighted by Gasteiger charge is 2.14. The topological polar surface area (TPSA) is 95.9 Å². The summed E-state index contributed by atoms with van der Waals surface area (Å²) in [6.45, 7) is 2.90. The molecular weight excluding hydrogens is 418 g/mol. The zero-order chi connectivity index (χ0) is 23.9. The van der Waals surface area contributed by atoms with Crippen LogP contribution in [0.4, 0.5) is 0 Å². The van der Waals surface area contributed by atoms with Gasteiger partial charge in [-0.05, 0) is 42.3 Å². The van der Waals surface area contributed by atoms with E-state index in [0.717, 1.165) is 18.9 Å². The van der Waals surface area contributed by atoms with Gasteiger partial charge < -0.3 is 20.3 Å². The lowest BCUT2D eigenvalue weighted by molar-refractivity contribution is 0.0468. The van der Waals surface area contributed by atoms with E-state index in [1.54, 1.807) is 24.3 Å². The number of benzene rings is 2. The molecule has 0 spiro atoms. The Kier molecular flexibility index (Phi) is 11.9. The van der Waals surface area contributed by atoms with Crippen molar-refractivity contribution in [3.63, 3.8) is 0 Å². The molecule has 0 aliphatic rings. The second-order valence-electron chi connectivity index (χ2n) is 8.41. The summed E-state index contributed by atoms with van der Waals surface area (Å²) in [5.41, 5.74) is 1.18. The normalized spacial score (nSPS) is 10.7. The van der Waals surface area contributed by atoms with Gasteiger partial charge in [0, 0.05) is 12.1 Å². The number of hydrogen-bond acceptors (Lipinski definition) is 5. The van der Waals surface area contributed by atoms with Gasteiger partial charge in [-0.3, -0.25) is 4.79 Å². The zero-order valence-corrected chi connectivity index (χ0v) is 19.6. The molecule has 0 saturated heterocycles. The van der Waals surface area contributed by atoms with Crippen LogP contribution in [-0.4, -0.2) is 28.6 Å². The molecule has 0 fully saturated rings. The monoisotopic (exact) mass is 455 g/mol. The van der Waals surface area contributed by atoms with E-state index in [-0.39, 0.29) is 29.6 Å². The number of hydrogen-bond donors (Lipinski definition) is 3. The molecule has 6 nitrogen and oxygen atoms in total. The molecule has 0 aromatic heterocycles. The molecule has 180 valence electrons. The van der Waals surface area contributed by atoms with E-state index in [4.69, 9.17) is 4.74 Å². The van der Waals surface area contributed by atoms with Crippen molar-refractivity contribution < 1.29 is 24.5 Å². The average molecular weight is 456 g/mol. The van der Waals surface area contributed by atoms with Crippen LogP contribution in [0, 0.1) is 0 Å². The van der Waals surface area contributed by atoms with Crippen molar-refractivity contribution in [2.45, 2.75) is 77.7 Å². The predicted molar refractivity (Wildman–Crippen MR) is 130 cm³/mol. The smallest absolute Gasteiger partial charge is 0.342 e. The van der Waals surface area contributed by atoms with Gasteiger partial charge in [0.1, 0.15) is 23.7 Å². The minimum atomic E-state index is -0.735. The van der Waals surface area contributed by atoms with Gasteiger partial charge in [0.25, 0.3) is 5.91 Å². The molecule has 0 aliphatic heterocycles. The highest BCUT2D eigenvalue weighted by Crippen LogP contribution is 2.23. The van der Waals surface area contributed by atoms with Gasteiger partial charge in [0.15, 0.2) is 0 Å². The van der Waals surface area contributed by atoms with Crippen LogP contribution >= 0.6 is 0 Å². The number of carbonyl (C=O) groups is 2. The molecule has 33 heavy (non-hydrogen) atoms. The third-order valence-electron chi connectivity index (χ3n) is 5.60. The second-order valence-corrected chi connectivity index (χ2v) is 8.41. The maximum absolute atomic E-state index is 12.3. The molecular formula is C27H37NO5. The van der Waals surface area contributed by atoms with Crippen molar-refractivity contribution in [1.82, 2.24) is 5.32 Å². The van der Waals surface area contributed by atoms with E-state index in [1.165, 1.54) is 63.5 Å². The van der Waals surface area contributed by atoms with E-state index in [1.807, 2.05) is 0 Å². The SMILES string of the molecule is CCCCCCCCCCCCNC(=O)c1ccc(COC(=O)c2cc(O)ccc2O)cc1. The van der Waals surface area contributed by atoms with Crippen molar-refractivity contribution in [3.8, 4) is 11.5 Å². The lowest BCUT2D eigenvalue weighted by Crippen LogP contribution is -2.24. The molecule has 0 aliphatic carbocycles. The van der Waals surface area contributed by atoms with Crippen LogP contribution in [0.2, 0.25) is 0 Å². The molecule has 2 aromatic rings. The Bertz CT molecular complexity index is 863. The van der Waals surface area contributed by atoms with Crippen molar-refractivity contribution in [1.29, 1.82) is 0 Å². The van der Waals surface area contributed by atoms with Gasteiger partial charge in [-0.1, -0.05) is 76.8 Å². The summed E-state index contributed by atoms with van der Waals surface area (Å²) in [7, 11) is 0. The van der Waals surface area contributed by atoms with Crippen LogP contribution in [0.15, 0.2) is 42.5 Å². The Balaban J connectivity index is 1.61. The molecule has 0 saturated carbocycles. The van der Waals surface area contributed by atoms with Crippen LogP contribution in [0.5, 0.6) is 11.5 Å². The average Bonchev–Trinajstić information content (AvgIpc) is 2.82. The number of amides is 1. The standard InChI is InChI=1S/C27H37NO5/c1-2-3-4-5-6-7-8-9-10-11-18-28-26(31)22-14-12-21(13-15-22)20-33-27(32)24-19-23(29)16-17-25(24)30/h12-17,19,29-30H,2-11,18,20H2,1H3,(H,28,31). The fourth-order valence-corrected chi connectivity index (χ4v) is 3.58. The minimum absolute atomic E-state index is 0.00552. The molecule has 2 rings (SSSR count). The Morgan fingerprint density at radius 2 is 1.42 bits per heavy atom. The zero-order valence-electron chi connectivity index (χ0n) is 19.6. The Hall–Kier alpha value is -3.02. The van der Waals surface area contributed by atoms with Crippen LogP contribution in [0.25, 0.3) is 0 Å². The fourth-order valence-electron chi connectivity index (χ4n) is 3.58. The number of rotatable bonds is 15. The van der Waals surface area contributed by atoms with E-state index >= 15 is 0 Å². The summed E-state index contributed by atoms with van der Waals surface area (Å²) in [6.07, 6.45) is 12.6. The third kappa shape index (κ3) is 9.98. The number of nitrogens with one attached hydrogen (secondary N) is 1.